The summed E-state index contributed by atoms with van der Waals surface area (Å²) in [5.41, 5.74) is 6.92. The molecular weight excluding hydrogens is 223 g/mol. The van der Waals surface area contributed by atoms with Gasteiger partial charge in [-0.25, -0.2) is 9.07 Å². The van der Waals surface area contributed by atoms with Crippen LogP contribution >= 0.6 is 0 Å². The Kier molecular flexibility index (Phi) is 3.34. The zero-order valence-electron chi connectivity index (χ0n) is 9.43. The summed E-state index contributed by atoms with van der Waals surface area (Å²) in [6.45, 7) is 0.797. The lowest BCUT2D eigenvalue weighted by molar-refractivity contribution is 0.386. The lowest BCUT2D eigenvalue weighted by Crippen LogP contribution is -2.01. The third-order valence-corrected chi connectivity index (χ3v) is 2.36. The van der Waals surface area contributed by atoms with Gasteiger partial charge in [-0.3, -0.25) is 0 Å². The van der Waals surface area contributed by atoms with Gasteiger partial charge in [0.05, 0.1) is 25.5 Å². The number of ether oxygens (including phenoxy) is 1. The summed E-state index contributed by atoms with van der Waals surface area (Å²) in [5, 5.41) is 7.74. The second kappa shape index (κ2) is 4.92. The fourth-order valence-corrected chi connectivity index (χ4v) is 1.50. The molecule has 0 saturated heterocycles. The Morgan fingerprint density at radius 2 is 2.29 bits per heavy atom. The smallest absolute Gasteiger partial charge is 0.165 e. The maximum atomic E-state index is 13.4. The molecule has 2 aromatic rings. The second-order valence-electron chi connectivity index (χ2n) is 3.58. The molecule has 1 aromatic carbocycles. The van der Waals surface area contributed by atoms with Crippen molar-refractivity contribution in [3.63, 3.8) is 0 Å². The summed E-state index contributed by atoms with van der Waals surface area (Å²) in [7, 11) is 1.43. The van der Waals surface area contributed by atoms with E-state index in [-0.39, 0.29) is 11.6 Å². The van der Waals surface area contributed by atoms with E-state index in [1.54, 1.807) is 23.0 Å². The van der Waals surface area contributed by atoms with E-state index in [0.717, 1.165) is 5.56 Å². The van der Waals surface area contributed by atoms with Gasteiger partial charge in [0, 0.05) is 6.54 Å². The van der Waals surface area contributed by atoms with Crippen molar-refractivity contribution in [3.8, 4) is 5.75 Å². The number of hydrogen-bond donors (Lipinski definition) is 1. The molecule has 2 N–H and O–H groups in total. The van der Waals surface area contributed by atoms with Gasteiger partial charge in [-0.15, -0.1) is 5.10 Å². The molecule has 0 amide bonds. The summed E-state index contributed by atoms with van der Waals surface area (Å²) in [5.74, 6) is -0.154. The molecule has 0 aliphatic carbocycles. The number of rotatable bonds is 4. The third-order valence-electron chi connectivity index (χ3n) is 2.36. The second-order valence-corrected chi connectivity index (χ2v) is 3.58. The summed E-state index contributed by atoms with van der Waals surface area (Å²) >= 11 is 0. The number of nitrogens with two attached hydrogens (primary N) is 1. The standard InChI is InChI=1S/C11H13FN4O/c1-17-11-3-2-8(4-10(11)12)6-16-7-9(5-13)14-15-16/h2-4,7H,5-6,13H2,1H3. The van der Waals surface area contributed by atoms with Gasteiger partial charge in [-0.05, 0) is 17.7 Å². The van der Waals surface area contributed by atoms with Gasteiger partial charge in [0.25, 0.3) is 0 Å². The summed E-state index contributed by atoms with van der Waals surface area (Å²) in [6, 6.07) is 4.79. The van der Waals surface area contributed by atoms with Crippen molar-refractivity contribution in [2.75, 3.05) is 7.11 Å². The molecule has 6 heteroatoms. The minimum Gasteiger partial charge on any atom is -0.494 e. The van der Waals surface area contributed by atoms with Crippen LogP contribution in [0.5, 0.6) is 5.75 Å². The molecule has 2 rings (SSSR count). The van der Waals surface area contributed by atoms with Crippen molar-refractivity contribution in [2.24, 2.45) is 5.73 Å². The van der Waals surface area contributed by atoms with Gasteiger partial charge >= 0.3 is 0 Å². The van der Waals surface area contributed by atoms with Crippen molar-refractivity contribution in [1.29, 1.82) is 0 Å². The van der Waals surface area contributed by atoms with E-state index in [1.165, 1.54) is 13.2 Å². The Hall–Kier alpha value is -1.95. The largest absolute Gasteiger partial charge is 0.494 e. The number of benzene rings is 1. The average molecular weight is 236 g/mol. The molecule has 0 bridgehead atoms. The maximum absolute atomic E-state index is 13.4. The molecule has 0 saturated carbocycles. The minimum atomic E-state index is -0.385. The van der Waals surface area contributed by atoms with Gasteiger partial charge in [0.15, 0.2) is 11.6 Å². The van der Waals surface area contributed by atoms with E-state index >= 15 is 0 Å². The first-order valence-electron chi connectivity index (χ1n) is 5.14. The van der Waals surface area contributed by atoms with Crippen molar-refractivity contribution in [1.82, 2.24) is 15.0 Å². The molecule has 0 aliphatic heterocycles. The molecule has 0 aliphatic rings. The van der Waals surface area contributed by atoms with E-state index in [0.29, 0.717) is 18.8 Å². The van der Waals surface area contributed by atoms with E-state index in [1.807, 2.05) is 0 Å². The van der Waals surface area contributed by atoms with E-state index in [9.17, 15) is 4.39 Å². The van der Waals surface area contributed by atoms with Crippen LogP contribution in [0.3, 0.4) is 0 Å². The van der Waals surface area contributed by atoms with Crippen LogP contribution in [0.2, 0.25) is 0 Å². The minimum absolute atomic E-state index is 0.231. The predicted octanol–water partition coefficient (Wildman–Crippen LogP) is 0.933. The first-order valence-corrected chi connectivity index (χ1v) is 5.14. The van der Waals surface area contributed by atoms with E-state index in [4.69, 9.17) is 10.5 Å². The summed E-state index contributed by atoms with van der Waals surface area (Å²) in [4.78, 5) is 0. The first kappa shape index (κ1) is 11.5. The molecule has 1 aromatic heterocycles. The van der Waals surface area contributed by atoms with E-state index in [2.05, 4.69) is 10.3 Å². The molecule has 90 valence electrons. The van der Waals surface area contributed by atoms with E-state index < -0.39 is 0 Å². The fourth-order valence-electron chi connectivity index (χ4n) is 1.50. The van der Waals surface area contributed by atoms with Crippen LogP contribution in [0, 0.1) is 5.82 Å². The quantitative estimate of drug-likeness (QED) is 0.857. The highest BCUT2D eigenvalue weighted by Gasteiger charge is 2.05. The molecule has 0 unspecified atom stereocenters. The van der Waals surface area contributed by atoms with Gasteiger partial charge in [0.2, 0.25) is 0 Å². The highest BCUT2D eigenvalue weighted by Crippen LogP contribution is 2.18. The number of halogens is 1. The number of hydrogen-bond acceptors (Lipinski definition) is 4. The Labute approximate surface area is 98.0 Å². The molecule has 5 nitrogen and oxygen atoms in total. The van der Waals surface area contributed by atoms with Crippen LogP contribution in [-0.2, 0) is 13.1 Å². The van der Waals surface area contributed by atoms with Crippen LogP contribution in [-0.4, -0.2) is 22.1 Å². The van der Waals surface area contributed by atoms with Gasteiger partial charge in [-0.2, -0.15) is 0 Å². The van der Waals surface area contributed by atoms with Crippen LogP contribution < -0.4 is 10.5 Å². The normalized spacial score (nSPS) is 10.5. The van der Waals surface area contributed by atoms with Crippen molar-refractivity contribution in [3.05, 3.63) is 41.5 Å². The highest BCUT2D eigenvalue weighted by molar-refractivity contribution is 5.29. The Morgan fingerprint density at radius 3 is 2.88 bits per heavy atom. The Balaban J connectivity index is 2.15. The van der Waals surface area contributed by atoms with Gasteiger partial charge in [0.1, 0.15) is 0 Å². The zero-order valence-corrected chi connectivity index (χ0v) is 9.43. The number of methoxy groups -OCH3 is 1. The van der Waals surface area contributed by atoms with Crippen molar-refractivity contribution >= 4 is 0 Å². The van der Waals surface area contributed by atoms with Crippen LogP contribution in [0.25, 0.3) is 0 Å². The molecule has 0 spiro atoms. The summed E-state index contributed by atoms with van der Waals surface area (Å²) < 4.78 is 19.9. The maximum Gasteiger partial charge on any atom is 0.165 e. The average Bonchev–Trinajstić information content (AvgIpc) is 2.77. The highest BCUT2D eigenvalue weighted by atomic mass is 19.1. The molecule has 1 heterocycles. The number of aromatic nitrogens is 3. The predicted molar refractivity (Wildman–Crippen MR) is 60.0 cm³/mol. The first-order chi connectivity index (χ1) is 8.22. The molecule has 0 fully saturated rings. The molecular formula is C11H13FN4O. The van der Waals surface area contributed by atoms with Crippen LogP contribution in [0.1, 0.15) is 11.3 Å². The van der Waals surface area contributed by atoms with Gasteiger partial charge in [-0.1, -0.05) is 11.3 Å². The van der Waals surface area contributed by atoms with Gasteiger partial charge < -0.3 is 10.5 Å². The molecule has 0 atom stereocenters. The Morgan fingerprint density at radius 1 is 1.47 bits per heavy atom. The zero-order chi connectivity index (χ0) is 12.3. The Bertz CT molecular complexity index is 512. The summed E-state index contributed by atoms with van der Waals surface area (Å²) in [6.07, 6.45) is 1.74. The molecule has 17 heavy (non-hydrogen) atoms. The topological polar surface area (TPSA) is 66.0 Å². The van der Waals surface area contributed by atoms with Crippen molar-refractivity contribution in [2.45, 2.75) is 13.1 Å². The van der Waals surface area contributed by atoms with Crippen molar-refractivity contribution < 1.29 is 9.13 Å². The lowest BCUT2D eigenvalue weighted by atomic mass is 10.2. The van der Waals surface area contributed by atoms with Crippen LogP contribution in [0.4, 0.5) is 4.39 Å². The third kappa shape index (κ3) is 2.59. The molecule has 0 radical (unpaired) electrons. The number of nitrogens with zero attached hydrogens (tertiary/aromatic N) is 3. The SMILES string of the molecule is COc1ccc(Cn2cc(CN)nn2)cc1F. The van der Waals surface area contributed by atoms with Crippen LogP contribution in [0.15, 0.2) is 24.4 Å². The monoisotopic (exact) mass is 236 g/mol. The lowest BCUT2D eigenvalue weighted by Gasteiger charge is -2.04. The fraction of sp³-hybridized carbons (Fsp3) is 0.273.